The number of carbonyl (C=O) groups excluding carboxylic acids is 1. The zero-order valence-electron chi connectivity index (χ0n) is 15.9. The number of amides is 2. The van der Waals surface area contributed by atoms with Crippen LogP contribution in [0.3, 0.4) is 0 Å². The minimum atomic E-state index is -0.451. The predicted molar refractivity (Wildman–Crippen MR) is 116 cm³/mol. The number of nitrogens with zero attached hydrogens (tertiary/aromatic N) is 2. The van der Waals surface area contributed by atoms with Gasteiger partial charge in [-0.3, -0.25) is 4.90 Å². The maximum atomic E-state index is 12.2. The van der Waals surface area contributed by atoms with E-state index in [0.717, 1.165) is 42.7 Å². The van der Waals surface area contributed by atoms with Crippen molar-refractivity contribution in [1.29, 1.82) is 0 Å². The molecule has 1 unspecified atom stereocenters. The van der Waals surface area contributed by atoms with E-state index in [4.69, 9.17) is 10.5 Å². The Balaban J connectivity index is 1.56. The van der Waals surface area contributed by atoms with Crippen LogP contribution in [0.25, 0.3) is 0 Å². The lowest BCUT2D eigenvalue weighted by Crippen LogP contribution is -2.41. The Bertz CT molecular complexity index is 821. The highest BCUT2D eigenvalue weighted by atomic mass is 79.9. The van der Waals surface area contributed by atoms with Gasteiger partial charge in [0.05, 0.1) is 7.11 Å². The molecule has 2 amide bonds. The summed E-state index contributed by atoms with van der Waals surface area (Å²) in [7, 11) is 1.60. The van der Waals surface area contributed by atoms with Crippen molar-refractivity contribution < 1.29 is 9.53 Å². The number of methoxy groups -OCH3 is 1. The van der Waals surface area contributed by atoms with E-state index < -0.39 is 6.03 Å². The second-order valence-corrected chi connectivity index (χ2v) is 7.81. The lowest BCUT2D eigenvalue weighted by molar-refractivity contribution is 0.196. The van der Waals surface area contributed by atoms with E-state index in [1.807, 2.05) is 0 Å². The van der Waals surface area contributed by atoms with Crippen LogP contribution in [0.5, 0.6) is 5.75 Å². The molecule has 0 spiro atoms. The zero-order chi connectivity index (χ0) is 19.9. The molecule has 28 heavy (non-hydrogen) atoms. The number of benzene rings is 2. The Morgan fingerprint density at radius 2 is 1.96 bits per heavy atom. The van der Waals surface area contributed by atoms with Gasteiger partial charge in [-0.05, 0) is 61.3 Å². The molecule has 0 aliphatic carbocycles. The Morgan fingerprint density at radius 1 is 1.25 bits per heavy atom. The van der Waals surface area contributed by atoms with Crippen LogP contribution in [0.1, 0.15) is 18.4 Å². The Hall–Kier alpha value is -2.38. The molecule has 6 nitrogen and oxygen atoms in total. The molecule has 3 N–H and O–H groups in total. The van der Waals surface area contributed by atoms with Crippen molar-refractivity contribution in [1.82, 2.24) is 4.90 Å². The fraction of sp³-hybridized carbons (Fsp3) is 0.333. The minimum Gasteiger partial charge on any atom is -0.497 e. The van der Waals surface area contributed by atoms with Crippen molar-refractivity contribution >= 4 is 33.5 Å². The molecule has 1 fully saturated rings. The number of halogens is 1. The maximum absolute atomic E-state index is 12.2. The first kappa shape index (κ1) is 20.4. The van der Waals surface area contributed by atoms with Gasteiger partial charge in [0.25, 0.3) is 0 Å². The fourth-order valence-corrected chi connectivity index (χ4v) is 3.59. The molecule has 148 valence electrons. The third kappa shape index (κ3) is 5.81. The monoisotopic (exact) mass is 444 g/mol. The number of aliphatic imine (C=N–C) groups is 1. The molecule has 3 rings (SSSR count). The van der Waals surface area contributed by atoms with Crippen LogP contribution in [-0.2, 0) is 6.54 Å². The number of carbonyl (C=O) groups is 1. The van der Waals surface area contributed by atoms with Crippen LogP contribution in [0, 0.1) is 5.92 Å². The summed E-state index contributed by atoms with van der Waals surface area (Å²) in [5.74, 6) is 1.21. The van der Waals surface area contributed by atoms with Gasteiger partial charge in [-0.2, -0.15) is 4.99 Å². The molecule has 2 aromatic rings. The molecule has 1 saturated heterocycles. The number of piperidine rings is 1. The van der Waals surface area contributed by atoms with E-state index in [1.54, 1.807) is 31.4 Å². The SMILES string of the molecule is COc1ccc(NC(=O)/N=C(\N)C2CCCN(Cc3ccc(Br)cc3)C2)cc1. The molecule has 0 saturated carbocycles. The second-order valence-electron chi connectivity index (χ2n) is 6.90. The van der Waals surface area contributed by atoms with E-state index in [1.165, 1.54) is 5.56 Å². The number of hydrogen-bond acceptors (Lipinski definition) is 3. The van der Waals surface area contributed by atoms with E-state index in [-0.39, 0.29) is 5.92 Å². The van der Waals surface area contributed by atoms with Gasteiger partial charge < -0.3 is 15.8 Å². The largest absolute Gasteiger partial charge is 0.497 e. The van der Waals surface area contributed by atoms with Crippen molar-refractivity contribution in [3.8, 4) is 5.75 Å². The van der Waals surface area contributed by atoms with Gasteiger partial charge in [0.15, 0.2) is 0 Å². The topological polar surface area (TPSA) is 79.9 Å². The van der Waals surface area contributed by atoms with Crippen molar-refractivity contribution in [2.45, 2.75) is 19.4 Å². The summed E-state index contributed by atoms with van der Waals surface area (Å²) in [5, 5.41) is 2.74. The van der Waals surface area contributed by atoms with Gasteiger partial charge in [0, 0.05) is 29.2 Å². The van der Waals surface area contributed by atoms with E-state index in [9.17, 15) is 4.79 Å². The van der Waals surface area contributed by atoms with Crippen molar-refractivity contribution in [2.75, 3.05) is 25.5 Å². The first-order valence-corrected chi connectivity index (χ1v) is 10.1. The minimum absolute atomic E-state index is 0.0887. The van der Waals surface area contributed by atoms with Crippen LogP contribution in [0.4, 0.5) is 10.5 Å². The lowest BCUT2D eigenvalue weighted by Gasteiger charge is -2.32. The number of anilines is 1. The van der Waals surface area contributed by atoms with Crippen LogP contribution >= 0.6 is 15.9 Å². The average Bonchev–Trinajstić information content (AvgIpc) is 2.70. The first-order valence-electron chi connectivity index (χ1n) is 9.29. The number of urea groups is 1. The van der Waals surface area contributed by atoms with Crippen LogP contribution in [0.2, 0.25) is 0 Å². The van der Waals surface area contributed by atoms with Crippen LogP contribution in [-0.4, -0.2) is 37.0 Å². The molecule has 0 radical (unpaired) electrons. The fourth-order valence-electron chi connectivity index (χ4n) is 3.32. The van der Waals surface area contributed by atoms with Crippen molar-refractivity contribution in [2.24, 2.45) is 16.6 Å². The Kier molecular flexibility index (Phi) is 7.06. The second kappa shape index (κ2) is 9.71. The molecule has 1 atom stereocenters. The third-order valence-corrected chi connectivity index (χ3v) is 5.34. The van der Waals surface area contributed by atoms with Gasteiger partial charge in [-0.15, -0.1) is 0 Å². The number of nitrogens with one attached hydrogen (secondary N) is 1. The van der Waals surface area contributed by atoms with Crippen molar-refractivity contribution in [3.05, 3.63) is 58.6 Å². The Labute approximate surface area is 173 Å². The number of likely N-dealkylation sites (tertiary alicyclic amines) is 1. The molecule has 1 aliphatic heterocycles. The number of nitrogens with two attached hydrogens (primary N) is 1. The molecule has 0 bridgehead atoms. The quantitative estimate of drug-likeness (QED) is 0.533. The highest BCUT2D eigenvalue weighted by Gasteiger charge is 2.23. The van der Waals surface area contributed by atoms with Crippen molar-refractivity contribution in [3.63, 3.8) is 0 Å². The molecule has 1 aliphatic rings. The molecular weight excluding hydrogens is 420 g/mol. The standard InChI is InChI=1S/C21H25BrN4O2/c1-28-19-10-8-18(9-11-19)24-21(27)25-20(23)16-3-2-12-26(14-16)13-15-4-6-17(22)7-5-15/h4-11,16H,2-3,12-14H2,1H3,(H3,23,24,25,27). The lowest BCUT2D eigenvalue weighted by atomic mass is 9.96. The summed E-state index contributed by atoms with van der Waals surface area (Å²) in [6.45, 7) is 2.70. The first-order chi connectivity index (χ1) is 13.5. The van der Waals surface area contributed by atoms with Gasteiger partial charge >= 0.3 is 6.03 Å². The number of rotatable bonds is 5. The summed E-state index contributed by atoms with van der Waals surface area (Å²) in [4.78, 5) is 18.6. The Morgan fingerprint density at radius 3 is 2.64 bits per heavy atom. The molecular formula is C21H25BrN4O2. The van der Waals surface area contributed by atoms with Crippen LogP contribution in [0.15, 0.2) is 58.0 Å². The number of hydrogen-bond donors (Lipinski definition) is 2. The van der Waals surface area contributed by atoms with Crippen LogP contribution < -0.4 is 15.8 Å². The molecule has 1 heterocycles. The van der Waals surface area contributed by atoms with Gasteiger partial charge in [0.2, 0.25) is 0 Å². The average molecular weight is 445 g/mol. The predicted octanol–water partition coefficient (Wildman–Crippen LogP) is 4.26. The summed E-state index contributed by atoms with van der Waals surface area (Å²) in [6.07, 6.45) is 1.99. The van der Waals surface area contributed by atoms with E-state index >= 15 is 0 Å². The van der Waals surface area contributed by atoms with E-state index in [0.29, 0.717) is 11.5 Å². The highest BCUT2D eigenvalue weighted by molar-refractivity contribution is 9.10. The maximum Gasteiger partial charge on any atom is 0.347 e. The molecule has 7 heteroatoms. The summed E-state index contributed by atoms with van der Waals surface area (Å²) >= 11 is 3.46. The van der Waals surface area contributed by atoms with E-state index in [2.05, 4.69) is 55.4 Å². The van der Waals surface area contributed by atoms with Gasteiger partial charge in [-0.25, -0.2) is 4.79 Å². The summed E-state index contributed by atoms with van der Waals surface area (Å²) in [6, 6.07) is 15.0. The normalized spacial score (nSPS) is 17.9. The summed E-state index contributed by atoms with van der Waals surface area (Å²) < 4.78 is 6.19. The smallest absolute Gasteiger partial charge is 0.347 e. The van der Waals surface area contributed by atoms with Gasteiger partial charge in [0.1, 0.15) is 11.6 Å². The molecule has 0 aromatic heterocycles. The summed E-state index contributed by atoms with van der Waals surface area (Å²) in [5.41, 5.74) is 8.08. The third-order valence-electron chi connectivity index (χ3n) is 4.82. The number of ether oxygens (including phenoxy) is 1. The zero-order valence-corrected chi connectivity index (χ0v) is 17.5. The number of amidine groups is 1. The molecule has 2 aromatic carbocycles. The highest BCUT2D eigenvalue weighted by Crippen LogP contribution is 2.20. The van der Waals surface area contributed by atoms with Gasteiger partial charge in [-0.1, -0.05) is 28.1 Å².